The number of ether oxygens (including phenoxy) is 2. The van der Waals surface area contributed by atoms with Crippen LogP contribution in [-0.4, -0.2) is 31.2 Å². The van der Waals surface area contributed by atoms with Gasteiger partial charge in [0.1, 0.15) is 13.2 Å². The SMILES string of the molecule is CC(C)(CN)NC(=O)C1CC1c1ccc2c(c1)OCCO2. The van der Waals surface area contributed by atoms with E-state index in [9.17, 15) is 4.79 Å². The first-order valence-corrected chi connectivity index (χ1v) is 7.42. The Hall–Kier alpha value is -1.75. The molecule has 0 bridgehead atoms. The van der Waals surface area contributed by atoms with Crippen LogP contribution >= 0.6 is 0 Å². The number of benzene rings is 1. The highest BCUT2D eigenvalue weighted by Gasteiger charge is 2.45. The Labute approximate surface area is 124 Å². The Balaban J connectivity index is 1.66. The van der Waals surface area contributed by atoms with Crippen LogP contribution in [0.5, 0.6) is 11.5 Å². The van der Waals surface area contributed by atoms with Gasteiger partial charge in [-0.25, -0.2) is 0 Å². The molecule has 5 heteroatoms. The van der Waals surface area contributed by atoms with Gasteiger partial charge in [-0.2, -0.15) is 0 Å². The van der Waals surface area contributed by atoms with E-state index >= 15 is 0 Å². The van der Waals surface area contributed by atoms with Crippen molar-refractivity contribution in [2.45, 2.75) is 31.7 Å². The summed E-state index contributed by atoms with van der Waals surface area (Å²) in [5.41, 5.74) is 6.45. The molecule has 0 aromatic heterocycles. The molecule has 0 radical (unpaired) electrons. The number of nitrogens with one attached hydrogen (secondary N) is 1. The van der Waals surface area contributed by atoms with E-state index in [1.165, 1.54) is 0 Å². The third kappa shape index (κ3) is 2.97. The van der Waals surface area contributed by atoms with Crippen LogP contribution in [0.25, 0.3) is 0 Å². The van der Waals surface area contributed by atoms with E-state index < -0.39 is 0 Å². The van der Waals surface area contributed by atoms with E-state index in [4.69, 9.17) is 15.2 Å². The van der Waals surface area contributed by atoms with Crippen LogP contribution in [0.15, 0.2) is 18.2 Å². The van der Waals surface area contributed by atoms with Gasteiger partial charge >= 0.3 is 0 Å². The van der Waals surface area contributed by atoms with Gasteiger partial charge in [0.15, 0.2) is 11.5 Å². The highest BCUT2D eigenvalue weighted by molar-refractivity contribution is 5.83. The molecule has 3 rings (SSSR count). The van der Waals surface area contributed by atoms with Crippen molar-refractivity contribution in [1.82, 2.24) is 5.32 Å². The van der Waals surface area contributed by atoms with Gasteiger partial charge in [-0.05, 0) is 43.9 Å². The maximum Gasteiger partial charge on any atom is 0.224 e. The first-order chi connectivity index (χ1) is 10.00. The van der Waals surface area contributed by atoms with Crippen molar-refractivity contribution < 1.29 is 14.3 Å². The largest absolute Gasteiger partial charge is 0.486 e. The summed E-state index contributed by atoms with van der Waals surface area (Å²) in [5, 5.41) is 3.01. The van der Waals surface area contributed by atoms with E-state index in [-0.39, 0.29) is 23.3 Å². The third-order valence-corrected chi connectivity index (χ3v) is 4.09. The molecule has 1 aliphatic heterocycles. The fraction of sp³-hybridized carbons (Fsp3) is 0.562. The molecule has 2 unspecified atom stereocenters. The molecule has 21 heavy (non-hydrogen) atoms. The van der Waals surface area contributed by atoms with E-state index in [0.717, 1.165) is 23.5 Å². The molecule has 1 amide bonds. The van der Waals surface area contributed by atoms with Gasteiger partial charge in [0.2, 0.25) is 5.91 Å². The summed E-state index contributed by atoms with van der Waals surface area (Å²) >= 11 is 0. The molecular formula is C16H22N2O3. The lowest BCUT2D eigenvalue weighted by atomic mass is 10.0. The van der Waals surface area contributed by atoms with Crippen LogP contribution in [0.1, 0.15) is 31.7 Å². The summed E-state index contributed by atoms with van der Waals surface area (Å²) in [6, 6.07) is 5.96. The molecule has 0 saturated heterocycles. The van der Waals surface area contributed by atoms with Crippen molar-refractivity contribution >= 4 is 5.91 Å². The van der Waals surface area contributed by atoms with E-state index in [1.807, 2.05) is 32.0 Å². The fourth-order valence-electron chi connectivity index (χ4n) is 2.62. The minimum atomic E-state index is -0.350. The Morgan fingerprint density at radius 2 is 2.05 bits per heavy atom. The Kier molecular flexibility index (Phi) is 3.53. The summed E-state index contributed by atoms with van der Waals surface area (Å²) in [7, 11) is 0. The predicted octanol–water partition coefficient (Wildman–Crippen LogP) is 1.41. The van der Waals surface area contributed by atoms with Crippen molar-refractivity contribution in [3.05, 3.63) is 23.8 Å². The number of hydrogen-bond acceptors (Lipinski definition) is 4. The van der Waals surface area contributed by atoms with E-state index in [1.54, 1.807) is 0 Å². The molecule has 1 saturated carbocycles. The molecule has 5 nitrogen and oxygen atoms in total. The quantitative estimate of drug-likeness (QED) is 0.879. The summed E-state index contributed by atoms with van der Waals surface area (Å²) in [6.07, 6.45) is 0.881. The predicted molar refractivity (Wildman–Crippen MR) is 79.6 cm³/mol. The highest BCUT2D eigenvalue weighted by atomic mass is 16.6. The van der Waals surface area contributed by atoms with Crippen LogP contribution in [0.2, 0.25) is 0 Å². The van der Waals surface area contributed by atoms with Crippen LogP contribution < -0.4 is 20.5 Å². The monoisotopic (exact) mass is 290 g/mol. The summed E-state index contributed by atoms with van der Waals surface area (Å²) in [4.78, 5) is 12.2. The molecule has 1 aromatic rings. The maximum absolute atomic E-state index is 12.2. The zero-order valence-electron chi connectivity index (χ0n) is 12.5. The van der Waals surface area contributed by atoms with E-state index in [2.05, 4.69) is 5.32 Å². The summed E-state index contributed by atoms with van der Waals surface area (Å²) < 4.78 is 11.1. The number of nitrogens with two attached hydrogens (primary N) is 1. The van der Waals surface area contributed by atoms with Gasteiger partial charge in [-0.15, -0.1) is 0 Å². The zero-order chi connectivity index (χ0) is 15.0. The minimum Gasteiger partial charge on any atom is -0.486 e. The van der Waals surface area contributed by atoms with Gasteiger partial charge in [0, 0.05) is 18.0 Å². The molecule has 0 spiro atoms. The molecule has 3 N–H and O–H groups in total. The lowest BCUT2D eigenvalue weighted by Gasteiger charge is -2.24. The topological polar surface area (TPSA) is 73.6 Å². The second kappa shape index (κ2) is 5.22. The Bertz CT molecular complexity index is 556. The van der Waals surface area contributed by atoms with Crippen LogP contribution in [0.3, 0.4) is 0 Å². The summed E-state index contributed by atoms with van der Waals surface area (Å²) in [6.45, 7) is 5.48. The second-order valence-corrected chi connectivity index (χ2v) is 6.43. The van der Waals surface area contributed by atoms with Crippen molar-refractivity contribution in [3.63, 3.8) is 0 Å². The molecule has 2 aliphatic rings. The molecule has 1 fully saturated rings. The number of fused-ring (bicyclic) bond motifs is 1. The summed E-state index contributed by atoms with van der Waals surface area (Å²) in [5.74, 6) is 1.97. The fourth-order valence-corrected chi connectivity index (χ4v) is 2.62. The van der Waals surface area contributed by atoms with Crippen molar-refractivity contribution in [2.75, 3.05) is 19.8 Å². The average Bonchev–Trinajstić information content (AvgIpc) is 3.27. The number of carbonyl (C=O) groups is 1. The molecule has 2 atom stereocenters. The van der Waals surface area contributed by atoms with Gasteiger partial charge in [-0.1, -0.05) is 6.07 Å². The number of hydrogen-bond donors (Lipinski definition) is 2. The Morgan fingerprint density at radius 1 is 1.33 bits per heavy atom. The molecular weight excluding hydrogens is 268 g/mol. The molecule has 114 valence electrons. The van der Waals surface area contributed by atoms with Gasteiger partial charge in [0.05, 0.1) is 0 Å². The van der Waals surface area contributed by atoms with Crippen molar-refractivity contribution in [1.29, 1.82) is 0 Å². The van der Waals surface area contributed by atoms with Gasteiger partial charge < -0.3 is 20.5 Å². The minimum absolute atomic E-state index is 0.0402. The first-order valence-electron chi connectivity index (χ1n) is 7.42. The molecule has 1 aromatic carbocycles. The van der Waals surface area contributed by atoms with Crippen LogP contribution in [0.4, 0.5) is 0 Å². The number of rotatable bonds is 4. The number of amides is 1. The zero-order valence-corrected chi connectivity index (χ0v) is 12.5. The normalized spacial score (nSPS) is 23.6. The molecule has 1 heterocycles. The van der Waals surface area contributed by atoms with Crippen LogP contribution in [0, 0.1) is 5.92 Å². The first kappa shape index (κ1) is 14.2. The van der Waals surface area contributed by atoms with Crippen molar-refractivity contribution in [3.8, 4) is 11.5 Å². The molecule has 1 aliphatic carbocycles. The van der Waals surface area contributed by atoms with E-state index in [0.29, 0.717) is 19.8 Å². The van der Waals surface area contributed by atoms with Crippen molar-refractivity contribution in [2.24, 2.45) is 11.7 Å². The second-order valence-electron chi connectivity index (χ2n) is 6.43. The Morgan fingerprint density at radius 3 is 2.76 bits per heavy atom. The standard InChI is InChI=1S/C16H22N2O3/c1-16(2,9-17)18-15(19)12-8-11(12)10-3-4-13-14(7-10)21-6-5-20-13/h3-4,7,11-12H,5-6,8-9,17H2,1-2H3,(H,18,19). The lowest BCUT2D eigenvalue weighted by molar-refractivity contribution is -0.123. The average molecular weight is 290 g/mol. The lowest BCUT2D eigenvalue weighted by Crippen LogP contribution is -2.49. The highest BCUT2D eigenvalue weighted by Crippen LogP contribution is 2.49. The van der Waals surface area contributed by atoms with Gasteiger partial charge in [0.25, 0.3) is 0 Å². The van der Waals surface area contributed by atoms with Gasteiger partial charge in [-0.3, -0.25) is 4.79 Å². The maximum atomic E-state index is 12.2. The smallest absolute Gasteiger partial charge is 0.224 e. The third-order valence-electron chi connectivity index (χ3n) is 4.09. The number of carbonyl (C=O) groups excluding carboxylic acids is 1. The van der Waals surface area contributed by atoms with Crippen LogP contribution in [-0.2, 0) is 4.79 Å².